The van der Waals surface area contributed by atoms with E-state index in [1.165, 1.54) is 41.8 Å². The van der Waals surface area contributed by atoms with E-state index in [0.717, 1.165) is 4.88 Å². The van der Waals surface area contributed by atoms with Gasteiger partial charge in [-0.15, -0.1) is 11.3 Å². The van der Waals surface area contributed by atoms with Gasteiger partial charge < -0.3 is 15.2 Å². The number of carbonyl (C=O) groups is 1. The Morgan fingerprint density at radius 2 is 2.08 bits per heavy atom. The molecule has 0 unspecified atom stereocenters. The first kappa shape index (κ1) is 16.4. The van der Waals surface area contributed by atoms with Crippen molar-refractivity contribution in [1.29, 1.82) is 0 Å². The summed E-state index contributed by atoms with van der Waals surface area (Å²) in [5, 5.41) is 24.2. The second kappa shape index (κ2) is 6.97. The Morgan fingerprint density at radius 3 is 2.80 bits per heavy atom. The van der Waals surface area contributed by atoms with Gasteiger partial charge in [0, 0.05) is 0 Å². The molecule has 1 aromatic carbocycles. The Kier molecular flexibility index (Phi) is 4.57. The van der Waals surface area contributed by atoms with Gasteiger partial charge in [0.1, 0.15) is 5.69 Å². The molecule has 1 amide bonds. The number of aromatic nitrogens is 2. The Labute approximate surface area is 145 Å². The molecule has 0 radical (unpaired) electrons. The molecule has 9 heteroatoms. The SMILES string of the molecule is O=C(N/N=C/c1ccc(O)c(O)c1)c1cc(-c2cccs2)[nH]c(=O)n1. The van der Waals surface area contributed by atoms with Gasteiger partial charge in [0.25, 0.3) is 5.91 Å². The topological polar surface area (TPSA) is 128 Å². The van der Waals surface area contributed by atoms with Crippen LogP contribution < -0.4 is 11.1 Å². The quantitative estimate of drug-likeness (QED) is 0.321. The summed E-state index contributed by atoms with van der Waals surface area (Å²) < 4.78 is 0. The standard InChI is InChI=1S/C16H12N4O4S/c21-12-4-3-9(6-13(12)22)8-17-20-15(23)11-7-10(18-16(24)19-11)14-2-1-5-25-14/h1-8,21-22H,(H,20,23)(H,18,19,24)/b17-8+. The Morgan fingerprint density at radius 1 is 1.24 bits per heavy atom. The van der Waals surface area contributed by atoms with Crippen molar-refractivity contribution in [1.82, 2.24) is 15.4 Å². The molecule has 0 aliphatic carbocycles. The monoisotopic (exact) mass is 356 g/mol. The molecule has 3 aromatic rings. The average molecular weight is 356 g/mol. The Bertz CT molecular complexity index is 996. The number of phenolic OH excluding ortho intramolecular Hbond substituents is 2. The highest BCUT2D eigenvalue weighted by Gasteiger charge is 2.11. The van der Waals surface area contributed by atoms with Gasteiger partial charge in [-0.05, 0) is 41.3 Å². The average Bonchev–Trinajstić information content (AvgIpc) is 3.12. The zero-order valence-corrected chi connectivity index (χ0v) is 13.4. The van der Waals surface area contributed by atoms with Gasteiger partial charge in [0.15, 0.2) is 11.5 Å². The highest BCUT2D eigenvalue weighted by Crippen LogP contribution is 2.24. The fourth-order valence-corrected chi connectivity index (χ4v) is 2.68. The van der Waals surface area contributed by atoms with Gasteiger partial charge in [-0.2, -0.15) is 10.1 Å². The van der Waals surface area contributed by atoms with E-state index in [9.17, 15) is 19.8 Å². The molecule has 0 saturated carbocycles. The number of nitrogens with one attached hydrogen (secondary N) is 2. The van der Waals surface area contributed by atoms with Gasteiger partial charge in [-0.1, -0.05) is 6.07 Å². The Hall–Kier alpha value is -3.46. The van der Waals surface area contributed by atoms with Crippen LogP contribution in [0.15, 0.2) is 51.7 Å². The van der Waals surface area contributed by atoms with Gasteiger partial charge in [-0.25, -0.2) is 10.2 Å². The van der Waals surface area contributed by atoms with Crippen molar-refractivity contribution < 1.29 is 15.0 Å². The number of benzene rings is 1. The van der Waals surface area contributed by atoms with E-state index < -0.39 is 11.6 Å². The molecule has 0 bridgehead atoms. The van der Waals surface area contributed by atoms with E-state index in [1.54, 1.807) is 0 Å². The highest BCUT2D eigenvalue weighted by molar-refractivity contribution is 7.13. The van der Waals surface area contributed by atoms with Crippen LogP contribution in [0, 0.1) is 0 Å². The highest BCUT2D eigenvalue weighted by atomic mass is 32.1. The molecule has 3 rings (SSSR count). The largest absolute Gasteiger partial charge is 0.504 e. The summed E-state index contributed by atoms with van der Waals surface area (Å²) in [6, 6.07) is 9.19. The van der Waals surface area contributed by atoms with Gasteiger partial charge in [0.2, 0.25) is 0 Å². The minimum atomic E-state index is -0.650. The number of hydrogen-bond donors (Lipinski definition) is 4. The second-order valence-electron chi connectivity index (χ2n) is 4.91. The van der Waals surface area contributed by atoms with E-state index in [2.05, 4.69) is 20.5 Å². The summed E-state index contributed by atoms with van der Waals surface area (Å²) in [6.45, 7) is 0. The summed E-state index contributed by atoms with van der Waals surface area (Å²) in [6.07, 6.45) is 1.28. The molecule has 4 N–H and O–H groups in total. The summed E-state index contributed by atoms with van der Waals surface area (Å²) >= 11 is 1.42. The normalized spacial score (nSPS) is 10.9. The van der Waals surface area contributed by atoms with E-state index in [-0.39, 0.29) is 17.2 Å². The van der Waals surface area contributed by atoms with E-state index in [1.807, 2.05) is 17.5 Å². The summed E-state index contributed by atoms with van der Waals surface area (Å²) in [4.78, 5) is 30.8. The maximum Gasteiger partial charge on any atom is 0.346 e. The van der Waals surface area contributed by atoms with E-state index in [0.29, 0.717) is 11.3 Å². The van der Waals surface area contributed by atoms with Crippen molar-refractivity contribution in [2.45, 2.75) is 0 Å². The number of hydrogen-bond acceptors (Lipinski definition) is 7. The third-order valence-electron chi connectivity index (χ3n) is 3.14. The Balaban J connectivity index is 1.76. The number of hydrazone groups is 1. The lowest BCUT2D eigenvalue weighted by atomic mass is 10.2. The van der Waals surface area contributed by atoms with Crippen LogP contribution in [0.5, 0.6) is 11.5 Å². The molecule has 0 atom stereocenters. The number of amides is 1. The summed E-state index contributed by atoms with van der Waals surface area (Å²) in [5.74, 6) is -1.20. The lowest BCUT2D eigenvalue weighted by Gasteiger charge is -2.02. The third-order valence-corrected chi connectivity index (χ3v) is 4.05. The van der Waals surface area contributed by atoms with Gasteiger partial charge in [0.05, 0.1) is 16.8 Å². The van der Waals surface area contributed by atoms with Crippen LogP contribution in [0.1, 0.15) is 16.1 Å². The number of aromatic hydroxyl groups is 2. The molecule has 0 fully saturated rings. The fourth-order valence-electron chi connectivity index (χ4n) is 1.98. The molecule has 126 valence electrons. The van der Waals surface area contributed by atoms with Crippen LogP contribution in [0.25, 0.3) is 10.6 Å². The number of phenols is 2. The second-order valence-corrected chi connectivity index (χ2v) is 5.86. The van der Waals surface area contributed by atoms with Crippen molar-refractivity contribution >= 4 is 23.5 Å². The van der Waals surface area contributed by atoms with Crippen molar-refractivity contribution in [3.63, 3.8) is 0 Å². The van der Waals surface area contributed by atoms with Crippen LogP contribution >= 0.6 is 11.3 Å². The van der Waals surface area contributed by atoms with Crippen LogP contribution in [0.3, 0.4) is 0 Å². The molecule has 0 saturated heterocycles. The van der Waals surface area contributed by atoms with Crippen molar-refractivity contribution in [3.8, 4) is 22.1 Å². The zero-order valence-electron chi connectivity index (χ0n) is 12.6. The maximum atomic E-state index is 12.1. The zero-order chi connectivity index (χ0) is 17.8. The van der Waals surface area contributed by atoms with E-state index in [4.69, 9.17) is 0 Å². The van der Waals surface area contributed by atoms with Crippen molar-refractivity contribution in [2.75, 3.05) is 0 Å². The molecule has 2 heterocycles. The molecular formula is C16H12N4O4S. The number of rotatable bonds is 4. The van der Waals surface area contributed by atoms with Gasteiger partial charge >= 0.3 is 5.69 Å². The first-order chi connectivity index (χ1) is 12.0. The minimum Gasteiger partial charge on any atom is -0.504 e. The van der Waals surface area contributed by atoms with Crippen LogP contribution in [0.2, 0.25) is 0 Å². The number of thiophene rings is 1. The number of H-pyrrole nitrogens is 1. The molecule has 0 aliphatic heterocycles. The molecule has 0 aliphatic rings. The van der Waals surface area contributed by atoms with E-state index >= 15 is 0 Å². The number of carbonyl (C=O) groups excluding carboxylic acids is 1. The first-order valence-electron chi connectivity index (χ1n) is 7.03. The molecule has 2 aromatic heterocycles. The molecular weight excluding hydrogens is 344 g/mol. The lowest BCUT2D eigenvalue weighted by molar-refractivity contribution is 0.0949. The molecule has 0 spiro atoms. The molecule has 8 nitrogen and oxygen atoms in total. The summed E-state index contributed by atoms with van der Waals surface area (Å²) in [7, 11) is 0. The molecule has 25 heavy (non-hydrogen) atoms. The van der Waals surface area contributed by atoms with Crippen LogP contribution in [-0.4, -0.2) is 32.3 Å². The van der Waals surface area contributed by atoms with Crippen molar-refractivity contribution in [2.24, 2.45) is 5.10 Å². The van der Waals surface area contributed by atoms with Crippen molar-refractivity contribution in [3.05, 3.63) is 63.5 Å². The van der Waals surface area contributed by atoms with Crippen LogP contribution in [-0.2, 0) is 0 Å². The van der Waals surface area contributed by atoms with Crippen LogP contribution in [0.4, 0.5) is 0 Å². The predicted octanol–water partition coefficient (Wildman–Crippen LogP) is 1.67. The minimum absolute atomic E-state index is 0.0714. The number of aromatic amines is 1. The third kappa shape index (κ3) is 3.90. The fraction of sp³-hybridized carbons (Fsp3) is 0. The number of nitrogens with zero attached hydrogens (tertiary/aromatic N) is 2. The lowest BCUT2D eigenvalue weighted by Crippen LogP contribution is -2.24. The first-order valence-corrected chi connectivity index (χ1v) is 7.91. The summed E-state index contributed by atoms with van der Waals surface area (Å²) in [5.41, 5.74) is 2.51. The smallest absolute Gasteiger partial charge is 0.346 e. The maximum absolute atomic E-state index is 12.1. The predicted molar refractivity (Wildman–Crippen MR) is 93.0 cm³/mol. The van der Waals surface area contributed by atoms with Gasteiger partial charge in [-0.3, -0.25) is 4.79 Å².